The van der Waals surface area contributed by atoms with Crippen molar-refractivity contribution in [2.24, 2.45) is 0 Å². The van der Waals surface area contributed by atoms with Gasteiger partial charge in [-0.05, 0) is 68.6 Å². The monoisotopic (exact) mass is 534 g/mol. The summed E-state index contributed by atoms with van der Waals surface area (Å²) in [7, 11) is 0. The summed E-state index contributed by atoms with van der Waals surface area (Å²) in [6.07, 6.45) is 6.48. The second-order valence-corrected chi connectivity index (χ2v) is 10.2. The normalized spacial score (nSPS) is 18.2. The van der Waals surface area contributed by atoms with Crippen molar-refractivity contribution in [1.29, 1.82) is 0 Å². The second kappa shape index (κ2) is 10.8. The number of aromatic nitrogens is 1. The Morgan fingerprint density at radius 2 is 1.80 bits per heavy atom. The van der Waals surface area contributed by atoms with Gasteiger partial charge in [-0.3, -0.25) is 4.79 Å². The molecule has 2 aliphatic heterocycles. The average Bonchev–Trinajstić information content (AvgIpc) is 3.57. The lowest BCUT2D eigenvalue weighted by molar-refractivity contribution is 0.0709. The number of pyridine rings is 1. The number of ether oxygens (including phenoxy) is 1. The summed E-state index contributed by atoms with van der Waals surface area (Å²) in [6, 6.07) is 17.9. The first-order chi connectivity index (χ1) is 17.1. The minimum Gasteiger partial charge on any atom is -0.485 e. The van der Waals surface area contributed by atoms with Crippen LogP contribution in [-0.2, 0) is 6.61 Å². The molecule has 3 heterocycles. The molecular formula is C28H31BrN4O2. The van der Waals surface area contributed by atoms with Crippen LogP contribution in [0.25, 0.3) is 11.1 Å². The number of halogens is 1. The van der Waals surface area contributed by atoms with Gasteiger partial charge in [-0.1, -0.05) is 46.3 Å². The maximum Gasteiger partial charge on any atom is 0.254 e. The summed E-state index contributed by atoms with van der Waals surface area (Å²) in [6.45, 7) is 4.56. The van der Waals surface area contributed by atoms with Crippen LogP contribution in [-0.4, -0.2) is 52.9 Å². The van der Waals surface area contributed by atoms with E-state index in [2.05, 4.69) is 30.7 Å². The summed E-state index contributed by atoms with van der Waals surface area (Å²) in [4.78, 5) is 22.2. The smallest absolute Gasteiger partial charge is 0.254 e. The van der Waals surface area contributed by atoms with Crippen molar-refractivity contribution in [3.05, 3.63) is 76.4 Å². The molecule has 7 heteroatoms. The zero-order chi connectivity index (χ0) is 24.2. The number of hydrogen-bond donors (Lipinski definition) is 1. The van der Waals surface area contributed by atoms with Gasteiger partial charge in [0.05, 0.1) is 0 Å². The molecule has 2 saturated heterocycles. The van der Waals surface area contributed by atoms with E-state index in [1.807, 2.05) is 54.6 Å². The third-order valence-electron chi connectivity index (χ3n) is 6.99. The van der Waals surface area contributed by atoms with Crippen LogP contribution in [0.15, 0.2) is 65.3 Å². The highest BCUT2D eigenvalue weighted by atomic mass is 79.9. The van der Waals surface area contributed by atoms with E-state index in [-0.39, 0.29) is 5.91 Å². The number of benzene rings is 2. The van der Waals surface area contributed by atoms with Gasteiger partial charge >= 0.3 is 0 Å². The molecule has 0 bridgehead atoms. The topological polar surface area (TPSA) is 71.7 Å². The Morgan fingerprint density at radius 1 is 1.03 bits per heavy atom. The molecule has 5 rings (SSSR count). The van der Waals surface area contributed by atoms with Crippen LogP contribution < -0.4 is 10.5 Å². The zero-order valence-electron chi connectivity index (χ0n) is 19.8. The fraction of sp³-hybridized carbons (Fsp3) is 0.357. The molecule has 1 aromatic heterocycles. The highest BCUT2D eigenvalue weighted by Crippen LogP contribution is 2.29. The first kappa shape index (κ1) is 23.8. The highest BCUT2D eigenvalue weighted by molar-refractivity contribution is 9.10. The van der Waals surface area contributed by atoms with Gasteiger partial charge < -0.3 is 20.3 Å². The van der Waals surface area contributed by atoms with Crippen molar-refractivity contribution in [3.8, 4) is 16.9 Å². The van der Waals surface area contributed by atoms with Crippen LogP contribution >= 0.6 is 15.9 Å². The number of amides is 1. The van der Waals surface area contributed by atoms with E-state index in [9.17, 15) is 4.79 Å². The second-order valence-electron chi connectivity index (χ2n) is 9.37. The van der Waals surface area contributed by atoms with Gasteiger partial charge in [-0.15, -0.1) is 0 Å². The Bertz CT molecular complexity index is 1180. The van der Waals surface area contributed by atoms with E-state index in [1.54, 1.807) is 6.20 Å². The quantitative estimate of drug-likeness (QED) is 0.441. The van der Waals surface area contributed by atoms with E-state index in [1.165, 1.54) is 12.8 Å². The molecule has 1 amide bonds. The molecule has 0 radical (unpaired) electrons. The number of likely N-dealkylation sites (tertiary alicyclic amines) is 2. The summed E-state index contributed by atoms with van der Waals surface area (Å²) < 4.78 is 6.97. The molecule has 0 spiro atoms. The zero-order valence-corrected chi connectivity index (χ0v) is 21.4. The highest BCUT2D eigenvalue weighted by Gasteiger charge is 2.31. The third kappa shape index (κ3) is 5.52. The van der Waals surface area contributed by atoms with Crippen molar-refractivity contribution >= 4 is 27.7 Å². The van der Waals surface area contributed by atoms with Crippen LogP contribution in [0.2, 0.25) is 0 Å². The molecule has 182 valence electrons. The molecule has 6 nitrogen and oxygen atoms in total. The van der Waals surface area contributed by atoms with Gasteiger partial charge in [-0.2, -0.15) is 0 Å². The Balaban J connectivity index is 1.27. The first-order valence-corrected chi connectivity index (χ1v) is 13.1. The molecular weight excluding hydrogens is 504 g/mol. The average molecular weight is 535 g/mol. The standard InChI is InChI=1S/C28H31BrN4O2/c29-25-8-2-1-6-22(25)19-35-26-16-23(17-31-27(26)30)20-9-11-21(12-10-20)28(34)33-15-5-7-24(33)18-32-13-3-4-14-32/h1-2,6,8-12,16-17,24H,3-5,7,13-15,18-19H2,(H2,30,31)/t24-/m1/s1. The lowest BCUT2D eigenvalue weighted by Gasteiger charge is -2.28. The van der Waals surface area contributed by atoms with Crippen LogP contribution in [0.4, 0.5) is 5.82 Å². The molecule has 1 atom stereocenters. The Kier molecular flexibility index (Phi) is 7.35. The largest absolute Gasteiger partial charge is 0.485 e. The summed E-state index contributed by atoms with van der Waals surface area (Å²) >= 11 is 3.55. The Morgan fingerprint density at radius 3 is 2.57 bits per heavy atom. The van der Waals surface area contributed by atoms with E-state index in [0.29, 0.717) is 24.2 Å². The van der Waals surface area contributed by atoms with Gasteiger partial charge in [0.25, 0.3) is 5.91 Å². The van der Waals surface area contributed by atoms with Gasteiger partial charge in [0.1, 0.15) is 6.61 Å². The molecule has 35 heavy (non-hydrogen) atoms. The van der Waals surface area contributed by atoms with E-state index in [0.717, 1.165) is 65.7 Å². The number of hydrogen-bond acceptors (Lipinski definition) is 5. The third-order valence-corrected chi connectivity index (χ3v) is 7.77. The summed E-state index contributed by atoms with van der Waals surface area (Å²) in [5.74, 6) is 1.03. The maximum atomic E-state index is 13.3. The fourth-order valence-electron chi connectivity index (χ4n) is 5.03. The van der Waals surface area contributed by atoms with Crippen LogP contribution in [0, 0.1) is 0 Å². The number of anilines is 1. The van der Waals surface area contributed by atoms with Gasteiger partial charge in [0.15, 0.2) is 11.6 Å². The fourth-order valence-corrected chi connectivity index (χ4v) is 5.43. The number of carbonyl (C=O) groups is 1. The number of nitrogens with zero attached hydrogens (tertiary/aromatic N) is 3. The lowest BCUT2D eigenvalue weighted by atomic mass is 10.0. The van der Waals surface area contributed by atoms with Crippen molar-refractivity contribution in [1.82, 2.24) is 14.8 Å². The molecule has 2 fully saturated rings. The van der Waals surface area contributed by atoms with Crippen LogP contribution in [0.1, 0.15) is 41.6 Å². The van der Waals surface area contributed by atoms with E-state index >= 15 is 0 Å². The van der Waals surface area contributed by atoms with E-state index in [4.69, 9.17) is 10.5 Å². The summed E-state index contributed by atoms with van der Waals surface area (Å²) in [5.41, 5.74) is 9.70. The SMILES string of the molecule is Nc1ncc(-c2ccc(C(=O)N3CCC[C@@H]3CN3CCCC3)cc2)cc1OCc1ccccc1Br. The predicted molar refractivity (Wildman–Crippen MR) is 142 cm³/mol. The lowest BCUT2D eigenvalue weighted by Crippen LogP contribution is -2.42. The number of rotatable bonds is 7. The molecule has 2 aliphatic rings. The molecule has 2 N–H and O–H groups in total. The van der Waals surface area contributed by atoms with E-state index < -0.39 is 0 Å². The minimum atomic E-state index is 0.131. The first-order valence-electron chi connectivity index (χ1n) is 12.3. The van der Waals surface area contributed by atoms with Crippen molar-refractivity contribution in [2.45, 2.75) is 38.3 Å². The van der Waals surface area contributed by atoms with Crippen molar-refractivity contribution < 1.29 is 9.53 Å². The molecule has 3 aromatic rings. The van der Waals surface area contributed by atoms with Crippen molar-refractivity contribution in [2.75, 3.05) is 31.9 Å². The molecule has 0 saturated carbocycles. The number of nitrogen functional groups attached to an aromatic ring is 1. The Hall–Kier alpha value is -2.90. The van der Waals surface area contributed by atoms with Gasteiger partial charge in [-0.25, -0.2) is 4.98 Å². The molecule has 2 aromatic carbocycles. The molecule has 0 aliphatic carbocycles. The van der Waals surface area contributed by atoms with Crippen LogP contribution in [0.5, 0.6) is 5.75 Å². The minimum absolute atomic E-state index is 0.131. The van der Waals surface area contributed by atoms with Crippen molar-refractivity contribution in [3.63, 3.8) is 0 Å². The molecule has 0 unspecified atom stereocenters. The maximum absolute atomic E-state index is 13.3. The van der Waals surface area contributed by atoms with Crippen LogP contribution in [0.3, 0.4) is 0 Å². The summed E-state index contributed by atoms with van der Waals surface area (Å²) in [5, 5.41) is 0. The Labute approximate surface area is 215 Å². The predicted octanol–water partition coefficient (Wildman–Crippen LogP) is 5.37. The van der Waals surface area contributed by atoms with Gasteiger partial charge in [0, 0.05) is 46.5 Å². The number of nitrogens with two attached hydrogens (primary N) is 1. The number of carbonyl (C=O) groups excluding carboxylic acids is 1. The van der Waals surface area contributed by atoms with Gasteiger partial charge in [0.2, 0.25) is 0 Å².